The molecule has 0 aromatic carbocycles. The molecule has 548 valence electrons. The number of ether oxygens (including phenoxy) is 4. The quantitative estimate of drug-likeness (QED) is 0.0390. The Hall–Kier alpha value is -3.01. The number of halogens is 10. The van der Waals surface area contributed by atoms with Crippen molar-refractivity contribution in [1.82, 2.24) is 4.90 Å². The van der Waals surface area contributed by atoms with Crippen molar-refractivity contribution in [2.75, 3.05) is 19.1 Å². The number of rotatable bonds is 15. The SMILES string of the molecule is C=C(C(=O)OC12CC3CC(C1)CC(OC(C)(C)C1CCCC1)(C3)C2)C(F)(F)F.C=C(C(=O)OC12CC3CC(C1)CC(OS(C)(=O)=O)(C3)C2)C(F)(F)F.C=C(C(=O)OC12CC3CC(CC(O)(C3)C1)C2)C(F)(F)F.CC(C)(O)C1CCCC1.CCN(C(C)C)C(C)C.CS(=O)(=O)Cl. The summed E-state index contributed by atoms with van der Waals surface area (Å²) in [5, 5.41) is 20.0. The first-order valence-electron chi connectivity index (χ1n) is 33.7. The Bertz CT molecular complexity index is 2930. The molecule has 14 fully saturated rings. The van der Waals surface area contributed by atoms with E-state index in [0.29, 0.717) is 106 Å². The zero-order valence-corrected chi connectivity index (χ0v) is 59.7. The zero-order chi connectivity index (χ0) is 71.9. The van der Waals surface area contributed by atoms with Gasteiger partial charge in [0.15, 0.2) is 0 Å². The van der Waals surface area contributed by atoms with E-state index in [9.17, 15) is 80.9 Å². The molecule has 27 heteroatoms. The minimum Gasteiger partial charge on any atom is -0.455 e. The van der Waals surface area contributed by atoms with Gasteiger partial charge in [0.1, 0.15) is 33.5 Å². The van der Waals surface area contributed by atoms with E-state index < -0.39 is 106 Å². The highest BCUT2D eigenvalue weighted by atomic mass is 35.7. The maximum Gasteiger partial charge on any atom is 0.422 e. The largest absolute Gasteiger partial charge is 0.455 e. The topological polar surface area (TPSA) is 209 Å². The fourth-order valence-corrected chi connectivity index (χ4v) is 20.4. The van der Waals surface area contributed by atoms with Crippen molar-refractivity contribution in [2.45, 2.75) is 305 Å². The van der Waals surface area contributed by atoms with Crippen LogP contribution in [0.5, 0.6) is 0 Å². The first-order chi connectivity index (χ1) is 43.0. The number of carbonyl (C=O) groups is 3. The van der Waals surface area contributed by atoms with Gasteiger partial charge in [-0.1, -0.05) is 52.3 Å². The maximum atomic E-state index is 12.9. The maximum absolute atomic E-state index is 12.9. The molecule has 14 saturated carbocycles. The van der Waals surface area contributed by atoms with Crippen LogP contribution in [-0.4, -0.2) is 144 Å². The smallest absolute Gasteiger partial charge is 0.422 e. The predicted molar refractivity (Wildman–Crippen MR) is 341 cm³/mol. The fourth-order valence-electron chi connectivity index (χ4n) is 19.6. The van der Waals surface area contributed by atoms with Crippen molar-refractivity contribution >= 4 is 47.8 Å². The summed E-state index contributed by atoms with van der Waals surface area (Å²) in [4.78, 5) is 38.2. The number of carbonyl (C=O) groups excluding carboxylic acids is 3. The van der Waals surface area contributed by atoms with Gasteiger partial charge in [0, 0.05) is 42.0 Å². The predicted octanol–water partition coefficient (Wildman–Crippen LogP) is 15.4. The second kappa shape index (κ2) is 29.5. The van der Waals surface area contributed by atoms with Gasteiger partial charge in [-0.2, -0.15) is 47.9 Å². The lowest BCUT2D eigenvalue weighted by molar-refractivity contribution is -0.267. The molecular formula is C68H105ClF9NO14S2. The monoisotopic (exact) mass is 1430 g/mol. The summed E-state index contributed by atoms with van der Waals surface area (Å²) in [6.07, 6.45) is 8.70. The summed E-state index contributed by atoms with van der Waals surface area (Å²) in [5.41, 5.74) is -10.2. The van der Waals surface area contributed by atoms with Gasteiger partial charge in [-0.05, 0) is 231 Å². The molecule has 2 N–H and O–H groups in total. The Labute approximate surface area is 561 Å². The summed E-state index contributed by atoms with van der Waals surface area (Å²) in [7, 11) is -2.41. The van der Waals surface area contributed by atoms with Gasteiger partial charge in [-0.3, -0.25) is 9.08 Å². The third-order valence-corrected chi connectivity index (χ3v) is 22.4. The average molecular weight is 1430 g/mol. The highest BCUT2D eigenvalue weighted by Gasteiger charge is 2.65. The van der Waals surface area contributed by atoms with E-state index in [1.807, 2.05) is 13.8 Å². The first-order valence-corrected chi connectivity index (χ1v) is 38.3. The molecule has 0 aromatic rings. The van der Waals surface area contributed by atoms with E-state index in [-0.39, 0.29) is 47.7 Å². The lowest BCUT2D eigenvalue weighted by Gasteiger charge is -2.62. The Morgan fingerprint density at radius 2 is 0.789 bits per heavy atom. The van der Waals surface area contributed by atoms with Gasteiger partial charge in [-0.15, -0.1) is 0 Å². The number of nitrogens with zero attached hydrogens (tertiary/aromatic N) is 1. The highest BCUT2D eigenvalue weighted by molar-refractivity contribution is 8.13. The van der Waals surface area contributed by atoms with Crippen LogP contribution >= 0.6 is 10.7 Å². The van der Waals surface area contributed by atoms with Gasteiger partial charge >= 0.3 is 36.4 Å². The summed E-state index contributed by atoms with van der Waals surface area (Å²) in [5.74, 6) is -1.76. The molecule has 0 aromatic heterocycles. The third kappa shape index (κ3) is 22.2. The lowest BCUT2D eigenvalue weighted by atomic mass is 9.52. The molecule has 14 aliphatic rings. The standard InChI is InChI=1S/C22H31F3O3.C15H19F3O5S.C14H17F3O3.C8H19N.C8H16O.CH3ClO2S/c1-14(22(23,24)25)18(26)27-20-9-15-8-16(10-20)12-21(11-15,13-20)28-19(2,3)17-6-4-5-7-17;1-9(15(16,17)18)12(19)22-13-4-10-3-11(5-13)7-14(6-10,8-13)23-24(2,20)21;1-8(14(15,16)17)11(18)20-13-5-9-2-10(6-13)4-12(19,3-9)7-13;1-6-9(7(2)3)8(4)5;1-8(2,9)7-5-3-4-6-7;1-5(2,3)4/h15-17H,1,4-13H2,2-3H3;10-11H,1,3-8H2,2H3;9-10,19H,1-7H2;7-8H,6H2,1-5H3;7,9H,3-6H2,1-2H3;1H3. The Morgan fingerprint density at radius 1 is 0.516 bits per heavy atom. The summed E-state index contributed by atoms with van der Waals surface area (Å²) >= 11 is 0. The second-order valence-corrected chi connectivity index (χ2v) is 36.5. The van der Waals surface area contributed by atoms with Crippen LogP contribution in [0.3, 0.4) is 0 Å². The molecule has 0 aliphatic heterocycles. The van der Waals surface area contributed by atoms with Crippen molar-refractivity contribution < 1.29 is 104 Å². The molecule has 6 unspecified atom stereocenters. The minimum atomic E-state index is -4.85. The average Bonchev–Trinajstić information content (AvgIpc) is 1.11. The van der Waals surface area contributed by atoms with E-state index in [2.05, 4.69) is 83.8 Å². The summed E-state index contributed by atoms with van der Waals surface area (Å²) < 4.78 is 184. The van der Waals surface area contributed by atoms with Gasteiger partial charge < -0.3 is 29.2 Å². The molecule has 0 saturated heterocycles. The van der Waals surface area contributed by atoms with Crippen LogP contribution in [0.4, 0.5) is 39.5 Å². The molecule has 14 aliphatic carbocycles. The Morgan fingerprint density at radius 3 is 1.04 bits per heavy atom. The third-order valence-electron chi connectivity index (χ3n) is 21.8. The summed E-state index contributed by atoms with van der Waals surface area (Å²) in [6, 6.07) is 1.38. The number of aliphatic hydroxyl groups is 2. The highest BCUT2D eigenvalue weighted by Crippen LogP contribution is 2.64. The van der Waals surface area contributed by atoms with Crippen molar-refractivity contribution in [3.63, 3.8) is 0 Å². The number of hydrogen-bond donors (Lipinski definition) is 2. The molecule has 0 radical (unpaired) electrons. The molecule has 0 heterocycles. The van der Waals surface area contributed by atoms with Crippen molar-refractivity contribution in [3.05, 3.63) is 36.5 Å². The van der Waals surface area contributed by atoms with E-state index >= 15 is 0 Å². The van der Waals surface area contributed by atoms with Gasteiger partial charge in [-0.25, -0.2) is 22.8 Å². The summed E-state index contributed by atoms with van der Waals surface area (Å²) in [6.45, 7) is 29.0. The minimum absolute atomic E-state index is 0.0833. The van der Waals surface area contributed by atoms with Crippen LogP contribution in [0.25, 0.3) is 0 Å². The normalized spacial score (nSPS) is 33.7. The second-order valence-electron chi connectivity index (χ2n) is 31.9. The van der Waals surface area contributed by atoms with Crippen molar-refractivity contribution in [2.24, 2.45) is 47.3 Å². The number of hydrogen-bond acceptors (Lipinski definition) is 15. The van der Waals surface area contributed by atoms with Crippen LogP contribution in [0.15, 0.2) is 36.5 Å². The fraction of sp³-hybridized carbons (Fsp3) is 0.868. The van der Waals surface area contributed by atoms with Crippen molar-refractivity contribution in [3.8, 4) is 0 Å². The van der Waals surface area contributed by atoms with Gasteiger partial charge in [0.25, 0.3) is 10.1 Å². The zero-order valence-electron chi connectivity index (χ0n) is 57.3. The molecule has 95 heavy (non-hydrogen) atoms. The lowest BCUT2D eigenvalue weighted by Crippen LogP contribution is -2.63. The molecule has 14 rings (SSSR count). The molecule has 15 nitrogen and oxygen atoms in total. The van der Waals surface area contributed by atoms with Crippen LogP contribution in [0.1, 0.15) is 229 Å². The van der Waals surface area contributed by atoms with Gasteiger partial charge in [0.05, 0.1) is 40.5 Å². The van der Waals surface area contributed by atoms with Crippen LogP contribution < -0.4 is 0 Å². The van der Waals surface area contributed by atoms with Crippen LogP contribution in [0.2, 0.25) is 0 Å². The molecule has 0 spiro atoms. The van der Waals surface area contributed by atoms with Crippen LogP contribution in [0, 0.1) is 47.3 Å². The Balaban J connectivity index is 0.000000195. The first kappa shape index (κ1) is 81.0. The number of esters is 3. The van der Waals surface area contributed by atoms with E-state index in [0.717, 1.165) is 51.2 Å². The Kier molecular flexibility index (Phi) is 25.2. The number of alkyl halides is 9. The van der Waals surface area contributed by atoms with E-state index in [1.165, 1.54) is 51.4 Å². The van der Waals surface area contributed by atoms with E-state index in [1.54, 1.807) is 0 Å². The molecule has 0 amide bonds. The molecular weight excluding hydrogens is 1330 g/mol. The van der Waals surface area contributed by atoms with Crippen LogP contribution in [-0.2, 0) is 56.7 Å². The molecule has 6 atom stereocenters. The van der Waals surface area contributed by atoms with Crippen molar-refractivity contribution in [1.29, 1.82) is 0 Å². The van der Waals surface area contributed by atoms with Gasteiger partial charge in [0.2, 0.25) is 9.05 Å². The molecule has 12 bridgehead atoms. The van der Waals surface area contributed by atoms with E-state index in [4.69, 9.17) is 23.1 Å².